The van der Waals surface area contributed by atoms with Crippen molar-refractivity contribution >= 4 is 26.6 Å². The summed E-state index contributed by atoms with van der Waals surface area (Å²) >= 11 is 0. The lowest BCUT2D eigenvalue weighted by molar-refractivity contribution is -0.120. The fraction of sp³-hybridized carbons (Fsp3) is 0.263. The van der Waals surface area contributed by atoms with Gasteiger partial charge in [0.1, 0.15) is 0 Å². The third kappa shape index (κ3) is 2.99. The molecule has 1 heterocycles. The summed E-state index contributed by atoms with van der Waals surface area (Å²) < 4.78 is 25.6. The van der Waals surface area contributed by atoms with Gasteiger partial charge in [-0.05, 0) is 43.2 Å². The van der Waals surface area contributed by atoms with Gasteiger partial charge >= 0.3 is 0 Å². The lowest BCUT2D eigenvalue weighted by Crippen LogP contribution is -2.28. The largest absolute Gasteiger partial charge is 0.273 e. The van der Waals surface area contributed by atoms with Crippen LogP contribution in [-0.4, -0.2) is 24.2 Å². The molecule has 1 aromatic heterocycles. The van der Waals surface area contributed by atoms with Crippen LogP contribution < -0.4 is 5.43 Å². The number of carbonyl (C=O) groups excluding carboxylic acids is 1. The molecule has 0 saturated heterocycles. The van der Waals surface area contributed by atoms with Crippen molar-refractivity contribution in [3.05, 3.63) is 54.7 Å². The van der Waals surface area contributed by atoms with Gasteiger partial charge in [0.05, 0.1) is 21.5 Å². The number of sulfone groups is 1. The number of rotatable bonds is 4. The van der Waals surface area contributed by atoms with Gasteiger partial charge in [-0.15, -0.1) is 0 Å². The van der Waals surface area contributed by atoms with E-state index in [1.807, 2.05) is 0 Å². The Kier molecular flexibility index (Phi) is 4.24. The van der Waals surface area contributed by atoms with Gasteiger partial charge in [-0.25, -0.2) is 13.8 Å². The summed E-state index contributed by atoms with van der Waals surface area (Å²) in [6.45, 7) is 0. The van der Waals surface area contributed by atoms with E-state index in [1.54, 1.807) is 54.7 Å². The van der Waals surface area contributed by atoms with Crippen LogP contribution in [0.1, 0.15) is 25.7 Å². The summed E-state index contributed by atoms with van der Waals surface area (Å²) in [6.07, 6.45) is 5.52. The van der Waals surface area contributed by atoms with E-state index in [0.29, 0.717) is 5.52 Å². The number of hydrogen-bond acceptors (Lipinski definition) is 4. The SMILES string of the molecule is O=C(Nn1ncc2ccc(S(=O)(=O)c3ccccc3)cc21)C1CCCC1. The van der Waals surface area contributed by atoms with Gasteiger partial charge in [-0.3, -0.25) is 4.79 Å². The first kappa shape index (κ1) is 16.8. The maximum atomic E-state index is 12.8. The first-order valence-electron chi connectivity index (χ1n) is 8.64. The number of hydrogen-bond donors (Lipinski definition) is 1. The minimum absolute atomic E-state index is 0.00508. The Labute approximate surface area is 151 Å². The number of aromatic nitrogens is 2. The number of fused-ring (bicyclic) bond motifs is 1. The fourth-order valence-corrected chi connectivity index (χ4v) is 4.68. The monoisotopic (exact) mass is 369 g/mol. The Bertz CT molecular complexity index is 1050. The van der Waals surface area contributed by atoms with E-state index in [4.69, 9.17) is 0 Å². The molecule has 0 aliphatic heterocycles. The van der Waals surface area contributed by atoms with E-state index in [0.717, 1.165) is 31.1 Å². The summed E-state index contributed by atoms with van der Waals surface area (Å²) in [5.74, 6) is -0.0608. The maximum absolute atomic E-state index is 12.8. The van der Waals surface area contributed by atoms with E-state index in [2.05, 4.69) is 10.5 Å². The average molecular weight is 369 g/mol. The van der Waals surface area contributed by atoms with Gasteiger partial charge < -0.3 is 0 Å². The van der Waals surface area contributed by atoms with Crippen molar-refractivity contribution in [2.24, 2.45) is 5.92 Å². The van der Waals surface area contributed by atoms with Crippen LogP contribution in [0.15, 0.2) is 64.5 Å². The molecule has 0 unspecified atom stereocenters. The first-order chi connectivity index (χ1) is 12.6. The normalized spacial score (nSPS) is 15.4. The van der Waals surface area contributed by atoms with E-state index in [-0.39, 0.29) is 21.6 Å². The van der Waals surface area contributed by atoms with Crippen molar-refractivity contribution in [3.63, 3.8) is 0 Å². The van der Waals surface area contributed by atoms with Crippen molar-refractivity contribution in [2.75, 3.05) is 5.43 Å². The molecular formula is C19H19N3O3S. The molecule has 0 radical (unpaired) electrons. The Hall–Kier alpha value is -2.67. The van der Waals surface area contributed by atoms with Gasteiger partial charge in [0.25, 0.3) is 0 Å². The summed E-state index contributed by atoms with van der Waals surface area (Å²) in [6, 6.07) is 13.1. The predicted molar refractivity (Wildman–Crippen MR) is 98.0 cm³/mol. The van der Waals surface area contributed by atoms with Gasteiger partial charge in [-0.2, -0.15) is 9.89 Å². The van der Waals surface area contributed by atoms with Crippen LogP contribution in [0, 0.1) is 5.92 Å². The molecule has 0 spiro atoms. The van der Waals surface area contributed by atoms with E-state index < -0.39 is 9.84 Å². The van der Waals surface area contributed by atoms with E-state index >= 15 is 0 Å². The molecular weight excluding hydrogens is 350 g/mol. The molecule has 6 nitrogen and oxygen atoms in total. The molecule has 4 rings (SSSR count). The second kappa shape index (κ2) is 6.57. The van der Waals surface area contributed by atoms with Crippen LogP contribution in [-0.2, 0) is 14.6 Å². The zero-order valence-electron chi connectivity index (χ0n) is 14.1. The topological polar surface area (TPSA) is 81.1 Å². The number of carbonyl (C=O) groups is 1. The zero-order chi connectivity index (χ0) is 18.1. The lowest BCUT2D eigenvalue weighted by Gasteiger charge is -2.11. The second-order valence-electron chi connectivity index (χ2n) is 6.55. The third-order valence-corrected chi connectivity index (χ3v) is 6.62. The van der Waals surface area contributed by atoms with Crippen LogP contribution >= 0.6 is 0 Å². The molecule has 7 heteroatoms. The zero-order valence-corrected chi connectivity index (χ0v) is 14.9. The lowest BCUT2D eigenvalue weighted by atomic mass is 10.1. The Balaban J connectivity index is 1.70. The second-order valence-corrected chi connectivity index (χ2v) is 8.50. The highest BCUT2D eigenvalue weighted by Crippen LogP contribution is 2.26. The predicted octanol–water partition coefficient (Wildman–Crippen LogP) is 3.13. The minimum atomic E-state index is -3.62. The highest BCUT2D eigenvalue weighted by molar-refractivity contribution is 7.91. The Morgan fingerprint density at radius 3 is 2.50 bits per heavy atom. The Morgan fingerprint density at radius 2 is 1.77 bits per heavy atom. The highest BCUT2D eigenvalue weighted by Gasteiger charge is 2.24. The molecule has 26 heavy (non-hydrogen) atoms. The third-order valence-electron chi connectivity index (χ3n) is 4.85. The summed E-state index contributed by atoms with van der Waals surface area (Å²) in [4.78, 5) is 14.2. The van der Waals surface area contributed by atoms with Crippen LogP contribution in [0.5, 0.6) is 0 Å². The molecule has 0 atom stereocenters. The maximum Gasteiger partial charge on any atom is 0.243 e. The fourth-order valence-electron chi connectivity index (χ4n) is 3.37. The molecule has 1 aliphatic rings. The molecule has 1 saturated carbocycles. The van der Waals surface area contributed by atoms with Crippen LogP contribution in [0.3, 0.4) is 0 Å². The van der Waals surface area contributed by atoms with Gasteiger partial charge in [-0.1, -0.05) is 31.0 Å². The van der Waals surface area contributed by atoms with Crippen molar-refractivity contribution in [2.45, 2.75) is 35.5 Å². The van der Waals surface area contributed by atoms with Crippen molar-refractivity contribution in [1.29, 1.82) is 0 Å². The van der Waals surface area contributed by atoms with E-state index in [1.165, 1.54) is 4.79 Å². The molecule has 1 aliphatic carbocycles. The number of nitrogens with one attached hydrogen (secondary N) is 1. The van der Waals surface area contributed by atoms with Gasteiger partial charge in [0, 0.05) is 11.3 Å². The number of nitrogens with zero attached hydrogens (tertiary/aromatic N) is 2. The van der Waals surface area contributed by atoms with Crippen molar-refractivity contribution in [3.8, 4) is 0 Å². The molecule has 134 valence electrons. The summed E-state index contributed by atoms with van der Waals surface area (Å²) in [7, 11) is -3.62. The molecule has 1 fully saturated rings. The summed E-state index contributed by atoms with van der Waals surface area (Å²) in [5, 5.41) is 4.96. The minimum Gasteiger partial charge on any atom is -0.273 e. The first-order valence-corrected chi connectivity index (χ1v) is 10.1. The standard InChI is InChI=1S/C19H19N3O3S/c23-19(14-6-4-5-7-14)21-22-18-12-17(11-10-15(18)13-20-22)26(24,25)16-8-2-1-3-9-16/h1-3,8-14H,4-7H2,(H,21,23). The Morgan fingerprint density at radius 1 is 1.04 bits per heavy atom. The summed E-state index contributed by atoms with van der Waals surface area (Å²) in [5.41, 5.74) is 3.36. The van der Waals surface area contributed by atoms with Crippen LogP contribution in [0.25, 0.3) is 10.9 Å². The molecule has 3 aromatic rings. The average Bonchev–Trinajstić information content (AvgIpc) is 3.32. The van der Waals surface area contributed by atoms with Crippen LogP contribution in [0.4, 0.5) is 0 Å². The molecule has 1 N–H and O–H groups in total. The van der Waals surface area contributed by atoms with Crippen molar-refractivity contribution < 1.29 is 13.2 Å². The van der Waals surface area contributed by atoms with Crippen molar-refractivity contribution in [1.82, 2.24) is 9.89 Å². The van der Waals surface area contributed by atoms with Gasteiger partial charge in [0.2, 0.25) is 15.7 Å². The molecule has 1 amide bonds. The van der Waals surface area contributed by atoms with E-state index in [9.17, 15) is 13.2 Å². The number of amides is 1. The smallest absolute Gasteiger partial charge is 0.243 e. The quantitative estimate of drug-likeness (QED) is 0.766. The van der Waals surface area contributed by atoms with Gasteiger partial charge in [0.15, 0.2) is 0 Å². The van der Waals surface area contributed by atoms with Crippen LogP contribution in [0.2, 0.25) is 0 Å². The molecule has 0 bridgehead atoms. The number of benzene rings is 2. The highest BCUT2D eigenvalue weighted by atomic mass is 32.2. The molecule has 2 aromatic carbocycles.